The van der Waals surface area contributed by atoms with E-state index < -0.39 is 30.4 Å². The second-order valence-electron chi connectivity index (χ2n) is 5.78. The van der Waals surface area contributed by atoms with E-state index in [1.807, 2.05) is 0 Å². The first kappa shape index (κ1) is 17.8. The van der Waals surface area contributed by atoms with Crippen LogP contribution in [-0.4, -0.2) is 52.7 Å². The van der Waals surface area contributed by atoms with Crippen molar-refractivity contribution >= 4 is 12.1 Å². The van der Waals surface area contributed by atoms with Crippen molar-refractivity contribution in [1.29, 1.82) is 0 Å². The first-order valence-electron chi connectivity index (χ1n) is 6.82. The van der Waals surface area contributed by atoms with E-state index in [0.29, 0.717) is 19.4 Å². The van der Waals surface area contributed by atoms with Crippen LogP contribution in [0.5, 0.6) is 0 Å². The lowest BCUT2D eigenvalue weighted by Gasteiger charge is -2.26. The SMILES string of the molecule is CC(C)(C)OC(=O)OCO/N=[N+](/[O-])N1CCCC(C(=O)O)C1. The molecule has 22 heavy (non-hydrogen) atoms. The summed E-state index contributed by atoms with van der Waals surface area (Å²) in [4.78, 5) is 26.8. The fourth-order valence-electron chi connectivity index (χ4n) is 1.79. The van der Waals surface area contributed by atoms with E-state index in [1.165, 1.54) is 5.01 Å². The smallest absolute Gasteiger partial charge is 0.511 e. The normalized spacial score (nSPS) is 19.5. The third-order valence-electron chi connectivity index (χ3n) is 2.74. The molecular formula is C12H21N3O7. The van der Waals surface area contributed by atoms with E-state index in [9.17, 15) is 14.8 Å². The van der Waals surface area contributed by atoms with Crippen molar-refractivity contribution in [2.24, 2.45) is 11.2 Å². The molecule has 0 saturated carbocycles. The molecule has 0 aromatic rings. The van der Waals surface area contributed by atoms with Gasteiger partial charge < -0.3 is 24.6 Å². The molecule has 0 aliphatic carbocycles. The van der Waals surface area contributed by atoms with Gasteiger partial charge in [-0.25, -0.2) is 4.79 Å². The molecule has 10 nitrogen and oxygen atoms in total. The van der Waals surface area contributed by atoms with Gasteiger partial charge in [0.15, 0.2) is 0 Å². The Kier molecular flexibility index (Phi) is 6.20. The van der Waals surface area contributed by atoms with Crippen molar-refractivity contribution < 1.29 is 34.0 Å². The predicted octanol–water partition coefficient (Wildman–Crippen LogP) is 1.50. The zero-order chi connectivity index (χ0) is 16.8. The minimum absolute atomic E-state index is 0.0542. The molecule has 10 heteroatoms. The van der Waals surface area contributed by atoms with Gasteiger partial charge in [-0.3, -0.25) is 4.79 Å². The fourth-order valence-corrected chi connectivity index (χ4v) is 1.79. The Labute approximate surface area is 127 Å². The Bertz CT molecular complexity index is 433. The molecule has 1 N–H and O–H groups in total. The standard InChI is InChI=1S/C12H21N3O7/c1-12(2,3)22-11(18)20-8-21-13-15(19)14-6-4-5-9(7-14)10(16)17/h9H,4-8H2,1-3H3,(H,16,17)/b15-13+. The summed E-state index contributed by atoms with van der Waals surface area (Å²) < 4.78 is 9.41. The van der Waals surface area contributed by atoms with E-state index in [2.05, 4.69) is 14.9 Å². The quantitative estimate of drug-likeness (QED) is 0.202. The number of rotatable bonds is 5. The van der Waals surface area contributed by atoms with Gasteiger partial charge in [0.25, 0.3) is 6.79 Å². The Morgan fingerprint density at radius 3 is 2.73 bits per heavy atom. The van der Waals surface area contributed by atoms with Gasteiger partial charge >= 0.3 is 12.1 Å². The summed E-state index contributed by atoms with van der Waals surface area (Å²) in [6.07, 6.45) is 0.145. The van der Waals surface area contributed by atoms with Crippen molar-refractivity contribution in [3.63, 3.8) is 0 Å². The highest BCUT2D eigenvalue weighted by molar-refractivity contribution is 5.70. The number of carboxylic acids is 1. The van der Waals surface area contributed by atoms with Crippen LogP contribution in [0.25, 0.3) is 0 Å². The molecule has 0 spiro atoms. The summed E-state index contributed by atoms with van der Waals surface area (Å²) in [5.41, 5.74) is -0.696. The molecule has 0 aromatic carbocycles. The highest BCUT2D eigenvalue weighted by Crippen LogP contribution is 2.16. The third kappa shape index (κ3) is 6.46. The number of hydrazine groups is 1. The number of piperidine rings is 1. The van der Waals surface area contributed by atoms with E-state index in [1.54, 1.807) is 20.8 Å². The molecule has 1 heterocycles. The van der Waals surface area contributed by atoms with Crippen LogP contribution < -0.4 is 0 Å². The molecule has 0 aromatic heterocycles. The molecule has 1 aliphatic heterocycles. The number of hydrogen-bond donors (Lipinski definition) is 1. The van der Waals surface area contributed by atoms with Crippen LogP contribution in [0, 0.1) is 11.1 Å². The summed E-state index contributed by atoms with van der Waals surface area (Å²) in [6, 6.07) is 0. The lowest BCUT2D eigenvalue weighted by Crippen LogP contribution is -2.42. The number of ether oxygens (including phenoxy) is 2. The lowest BCUT2D eigenvalue weighted by molar-refractivity contribution is -0.714. The van der Waals surface area contributed by atoms with Crippen LogP contribution in [0.1, 0.15) is 33.6 Å². The Morgan fingerprint density at radius 1 is 1.45 bits per heavy atom. The Balaban J connectivity index is 2.33. The van der Waals surface area contributed by atoms with Gasteiger partial charge in [-0.2, -0.15) is 0 Å². The fraction of sp³-hybridized carbons (Fsp3) is 0.833. The molecule has 1 unspecified atom stereocenters. The molecule has 1 saturated heterocycles. The second kappa shape index (κ2) is 7.66. The van der Waals surface area contributed by atoms with Crippen LogP contribution >= 0.6 is 0 Å². The largest absolute Gasteiger partial charge is 0.569 e. The average molecular weight is 319 g/mol. The molecule has 0 bridgehead atoms. The Hall–Kier alpha value is -2.26. The summed E-state index contributed by atoms with van der Waals surface area (Å²) >= 11 is 0. The molecule has 0 radical (unpaired) electrons. The van der Waals surface area contributed by atoms with Gasteiger partial charge in [-0.05, 0) is 33.6 Å². The number of aliphatic carboxylic acids is 1. The molecule has 1 rings (SSSR count). The number of carbonyl (C=O) groups excluding carboxylic acids is 1. The molecular weight excluding hydrogens is 298 g/mol. The van der Waals surface area contributed by atoms with Crippen LogP contribution in [0.3, 0.4) is 0 Å². The minimum Gasteiger partial charge on any atom is -0.569 e. The van der Waals surface area contributed by atoms with E-state index in [0.717, 1.165) is 0 Å². The van der Waals surface area contributed by atoms with E-state index >= 15 is 0 Å². The second-order valence-corrected chi connectivity index (χ2v) is 5.78. The first-order valence-corrected chi connectivity index (χ1v) is 6.82. The highest BCUT2D eigenvalue weighted by Gasteiger charge is 2.29. The number of hydrogen-bond acceptors (Lipinski definition) is 7. The average Bonchev–Trinajstić information content (AvgIpc) is 2.41. The van der Waals surface area contributed by atoms with Crippen molar-refractivity contribution in [1.82, 2.24) is 5.01 Å². The monoisotopic (exact) mass is 319 g/mol. The molecule has 0 amide bonds. The molecule has 1 atom stereocenters. The van der Waals surface area contributed by atoms with Crippen molar-refractivity contribution in [3.8, 4) is 0 Å². The van der Waals surface area contributed by atoms with Crippen molar-refractivity contribution in [3.05, 3.63) is 5.21 Å². The van der Waals surface area contributed by atoms with Gasteiger partial charge in [-0.1, -0.05) is 0 Å². The van der Waals surface area contributed by atoms with Gasteiger partial charge in [0.2, 0.25) is 5.28 Å². The minimum atomic E-state index is -0.952. The van der Waals surface area contributed by atoms with E-state index in [4.69, 9.17) is 9.84 Å². The van der Waals surface area contributed by atoms with Crippen molar-refractivity contribution in [2.45, 2.75) is 39.2 Å². The van der Waals surface area contributed by atoms with Crippen LogP contribution in [-0.2, 0) is 19.1 Å². The molecule has 1 aliphatic rings. The van der Waals surface area contributed by atoms with E-state index in [-0.39, 0.29) is 11.5 Å². The van der Waals surface area contributed by atoms with Gasteiger partial charge in [0, 0.05) is 0 Å². The third-order valence-corrected chi connectivity index (χ3v) is 2.74. The van der Waals surface area contributed by atoms with Crippen LogP contribution in [0.15, 0.2) is 5.28 Å². The number of nitrogens with zero attached hydrogens (tertiary/aromatic N) is 3. The summed E-state index contributed by atoms with van der Waals surface area (Å²) in [5.74, 6) is -1.56. The van der Waals surface area contributed by atoms with Gasteiger partial charge in [0.05, 0.1) is 24.0 Å². The molecule has 126 valence electrons. The summed E-state index contributed by atoms with van der Waals surface area (Å²) in [6.45, 7) is 4.88. The van der Waals surface area contributed by atoms with Crippen molar-refractivity contribution in [2.75, 3.05) is 19.9 Å². The molecule has 1 fully saturated rings. The zero-order valence-electron chi connectivity index (χ0n) is 12.9. The maximum Gasteiger partial charge on any atom is 0.511 e. The Morgan fingerprint density at radius 2 is 2.14 bits per heavy atom. The van der Waals surface area contributed by atoms with Gasteiger partial charge in [0.1, 0.15) is 5.60 Å². The number of carboxylic acid groups (broad SMARTS) is 1. The number of carbonyl (C=O) groups is 2. The van der Waals surface area contributed by atoms with Crippen LogP contribution in [0.2, 0.25) is 0 Å². The highest BCUT2D eigenvalue weighted by atomic mass is 16.8. The predicted molar refractivity (Wildman–Crippen MR) is 71.3 cm³/mol. The maximum absolute atomic E-state index is 11.6. The summed E-state index contributed by atoms with van der Waals surface area (Å²) in [5, 5.41) is 24.9. The summed E-state index contributed by atoms with van der Waals surface area (Å²) in [7, 11) is 0. The topological polar surface area (TPSA) is 124 Å². The lowest BCUT2D eigenvalue weighted by atomic mass is 10.00. The van der Waals surface area contributed by atoms with Gasteiger partial charge in [-0.15, -0.1) is 5.01 Å². The maximum atomic E-state index is 11.6. The van der Waals surface area contributed by atoms with Crippen LogP contribution in [0.4, 0.5) is 4.79 Å². The zero-order valence-corrected chi connectivity index (χ0v) is 12.9. The first-order chi connectivity index (χ1) is 10.2.